The summed E-state index contributed by atoms with van der Waals surface area (Å²) in [5.41, 5.74) is 0. The van der Waals surface area contributed by atoms with Gasteiger partial charge in [0.2, 0.25) is 0 Å². The fourth-order valence-electron chi connectivity index (χ4n) is 2.26. The predicted molar refractivity (Wildman–Crippen MR) is 80.0 cm³/mol. The number of piperidine rings is 1. The fourth-order valence-corrected chi connectivity index (χ4v) is 2.82. The molecule has 0 aromatic carbocycles. The van der Waals surface area contributed by atoms with Crippen LogP contribution in [0.4, 0.5) is 0 Å². The van der Waals surface area contributed by atoms with Crippen molar-refractivity contribution in [1.82, 2.24) is 8.43 Å². The summed E-state index contributed by atoms with van der Waals surface area (Å²) in [5, 5.41) is 3.70. The highest BCUT2D eigenvalue weighted by atomic mass is 127. The maximum absolute atomic E-state index is 3.70. The highest BCUT2D eigenvalue weighted by Crippen LogP contribution is 2.13. The quantitative estimate of drug-likeness (QED) is 0.412. The van der Waals surface area contributed by atoms with Crippen LogP contribution in [-0.4, -0.2) is 28.8 Å². The van der Waals surface area contributed by atoms with Gasteiger partial charge in [-0.1, -0.05) is 39.0 Å². The SMILES string of the molecule is CCCCCCCCNC1CCN(I)CC1. The maximum atomic E-state index is 3.70. The summed E-state index contributed by atoms with van der Waals surface area (Å²) < 4.78 is 2.40. The molecule has 1 aliphatic heterocycles. The Kier molecular flexibility index (Phi) is 8.88. The van der Waals surface area contributed by atoms with Crippen LogP contribution in [0.3, 0.4) is 0 Å². The third kappa shape index (κ3) is 7.07. The molecule has 1 saturated heterocycles. The van der Waals surface area contributed by atoms with Crippen molar-refractivity contribution in [2.75, 3.05) is 19.6 Å². The molecule has 0 amide bonds. The van der Waals surface area contributed by atoms with Gasteiger partial charge in [0.25, 0.3) is 0 Å². The Labute approximate surface area is 115 Å². The summed E-state index contributed by atoms with van der Waals surface area (Å²) in [6.07, 6.45) is 11.1. The zero-order chi connectivity index (χ0) is 11.6. The second-order valence-corrected chi connectivity index (χ2v) is 6.27. The molecule has 1 fully saturated rings. The first kappa shape index (κ1) is 14.7. The van der Waals surface area contributed by atoms with Crippen LogP contribution in [-0.2, 0) is 0 Å². The van der Waals surface area contributed by atoms with E-state index in [0.29, 0.717) is 0 Å². The Hall–Kier alpha value is 0.650. The number of hydrogen-bond acceptors (Lipinski definition) is 2. The molecule has 0 spiro atoms. The monoisotopic (exact) mass is 338 g/mol. The fraction of sp³-hybridized carbons (Fsp3) is 1.00. The predicted octanol–water partition coefficient (Wildman–Crippen LogP) is 3.75. The lowest BCUT2D eigenvalue weighted by Crippen LogP contribution is -2.39. The molecular weight excluding hydrogens is 311 g/mol. The number of halogens is 1. The Morgan fingerprint density at radius 2 is 1.69 bits per heavy atom. The number of rotatable bonds is 8. The summed E-state index contributed by atoms with van der Waals surface area (Å²) in [4.78, 5) is 0. The number of nitrogens with zero attached hydrogens (tertiary/aromatic N) is 1. The molecule has 96 valence electrons. The van der Waals surface area contributed by atoms with Gasteiger partial charge in [-0.15, -0.1) is 0 Å². The van der Waals surface area contributed by atoms with Crippen molar-refractivity contribution in [3.05, 3.63) is 0 Å². The van der Waals surface area contributed by atoms with Crippen molar-refractivity contribution in [2.24, 2.45) is 0 Å². The minimum atomic E-state index is 0.793. The maximum Gasteiger partial charge on any atom is 0.0201 e. The molecule has 0 unspecified atom stereocenters. The number of nitrogens with one attached hydrogen (secondary N) is 1. The van der Waals surface area contributed by atoms with Crippen molar-refractivity contribution in [3.8, 4) is 0 Å². The van der Waals surface area contributed by atoms with E-state index in [2.05, 4.69) is 38.2 Å². The lowest BCUT2D eigenvalue weighted by molar-refractivity contribution is 0.323. The van der Waals surface area contributed by atoms with Crippen LogP contribution in [0.15, 0.2) is 0 Å². The van der Waals surface area contributed by atoms with E-state index in [1.807, 2.05) is 0 Å². The van der Waals surface area contributed by atoms with Crippen molar-refractivity contribution in [3.63, 3.8) is 0 Å². The van der Waals surface area contributed by atoms with Gasteiger partial charge in [-0.05, 0) is 25.8 Å². The van der Waals surface area contributed by atoms with E-state index < -0.39 is 0 Å². The summed E-state index contributed by atoms with van der Waals surface area (Å²) in [7, 11) is 0. The largest absolute Gasteiger partial charge is 0.314 e. The summed E-state index contributed by atoms with van der Waals surface area (Å²) in [5.74, 6) is 0. The van der Waals surface area contributed by atoms with E-state index in [9.17, 15) is 0 Å². The first-order chi connectivity index (χ1) is 7.83. The number of unbranched alkanes of at least 4 members (excludes halogenated alkanes) is 5. The average molecular weight is 338 g/mol. The van der Waals surface area contributed by atoms with E-state index in [4.69, 9.17) is 0 Å². The highest BCUT2D eigenvalue weighted by molar-refractivity contribution is 14.1. The average Bonchev–Trinajstić information content (AvgIpc) is 2.30. The molecule has 1 aliphatic rings. The molecule has 16 heavy (non-hydrogen) atoms. The van der Waals surface area contributed by atoms with Gasteiger partial charge in [-0.2, -0.15) is 0 Å². The van der Waals surface area contributed by atoms with Crippen LogP contribution >= 0.6 is 22.9 Å². The smallest absolute Gasteiger partial charge is 0.0201 e. The minimum absolute atomic E-state index is 0.793. The van der Waals surface area contributed by atoms with Crippen LogP contribution in [0.1, 0.15) is 58.3 Å². The molecule has 0 saturated carbocycles. The Bertz CT molecular complexity index is 156. The van der Waals surface area contributed by atoms with Gasteiger partial charge in [0.15, 0.2) is 0 Å². The normalized spacial score (nSPS) is 19.1. The van der Waals surface area contributed by atoms with E-state index >= 15 is 0 Å². The number of hydrogen-bond donors (Lipinski definition) is 1. The van der Waals surface area contributed by atoms with Gasteiger partial charge < -0.3 is 5.32 Å². The minimum Gasteiger partial charge on any atom is -0.314 e. The molecule has 0 aromatic rings. The van der Waals surface area contributed by atoms with E-state index in [1.165, 1.54) is 71.0 Å². The van der Waals surface area contributed by atoms with Crippen LogP contribution < -0.4 is 5.32 Å². The van der Waals surface area contributed by atoms with E-state index in [1.54, 1.807) is 0 Å². The molecule has 3 heteroatoms. The lowest BCUT2D eigenvalue weighted by atomic mass is 10.1. The standard InChI is InChI=1S/C13H27IN2/c1-2-3-4-5-6-7-10-15-13-8-11-16(14)12-9-13/h13,15H,2-12H2,1H3. The molecule has 0 radical (unpaired) electrons. The molecule has 1 heterocycles. The van der Waals surface area contributed by atoms with Gasteiger partial charge in [0.1, 0.15) is 0 Å². The molecule has 0 aromatic heterocycles. The first-order valence-electron chi connectivity index (χ1n) is 6.97. The van der Waals surface area contributed by atoms with Crippen LogP contribution in [0, 0.1) is 0 Å². The summed E-state index contributed by atoms with van der Waals surface area (Å²) in [6, 6.07) is 0.793. The topological polar surface area (TPSA) is 15.3 Å². The molecular formula is C13H27IN2. The van der Waals surface area contributed by atoms with Crippen molar-refractivity contribution >= 4 is 22.9 Å². The van der Waals surface area contributed by atoms with Gasteiger partial charge >= 0.3 is 0 Å². The molecule has 1 N–H and O–H groups in total. The Morgan fingerprint density at radius 3 is 2.38 bits per heavy atom. The Balaban J connectivity index is 1.84. The Morgan fingerprint density at radius 1 is 1.06 bits per heavy atom. The molecule has 0 atom stereocenters. The van der Waals surface area contributed by atoms with Crippen LogP contribution in [0.25, 0.3) is 0 Å². The van der Waals surface area contributed by atoms with Crippen LogP contribution in [0.2, 0.25) is 0 Å². The highest BCUT2D eigenvalue weighted by Gasteiger charge is 2.16. The van der Waals surface area contributed by atoms with Crippen molar-refractivity contribution in [1.29, 1.82) is 0 Å². The van der Waals surface area contributed by atoms with Gasteiger partial charge in [-0.3, -0.25) is 0 Å². The molecule has 1 rings (SSSR count). The van der Waals surface area contributed by atoms with E-state index in [-0.39, 0.29) is 0 Å². The molecule has 0 bridgehead atoms. The van der Waals surface area contributed by atoms with E-state index in [0.717, 1.165) is 6.04 Å². The lowest BCUT2D eigenvalue weighted by Gasteiger charge is -2.28. The molecule has 2 nitrogen and oxygen atoms in total. The second-order valence-electron chi connectivity index (χ2n) is 4.91. The van der Waals surface area contributed by atoms with Gasteiger partial charge in [0, 0.05) is 42.0 Å². The van der Waals surface area contributed by atoms with Crippen molar-refractivity contribution < 1.29 is 0 Å². The first-order valence-corrected chi connectivity index (χ1v) is 7.93. The van der Waals surface area contributed by atoms with Gasteiger partial charge in [-0.25, -0.2) is 3.11 Å². The third-order valence-electron chi connectivity index (χ3n) is 3.40. The zero-order valence-corrected chi connectivity index (χ0v) is 12.8. The van der Waals surface area contributed by atoms with Crippen LogP contribution in [0.5, 0.6) is 0 Å². The molecule has 0 aliphatic carbocycles. The third-order valence-corrected chi connectivity index (χ3v) is 4.37. The zero-order valence-electron chi connectivity index (χ0n) is 10.7. The second kappa shape index (κ2) is 9.66. The van der Waals surface area contributed by atoms with Crippen molar-refractivity contribution in [2.45, 2.75) is 64.3 Å². The summed E-state index contributed by atoms with van der Waals surface area (Å²) in [6.45, 7) is 6.03. The van der Waals surface area contributed by atoms with Gasteiger partial charge in [0.05, 0.1) is 0 Å². The summed E-state index contributed by atoms with van der Waals surface area (Å²) >= 11 is 2.44.